The summed E-state index contributed by atoms with van der Waals surface area (Å²) >= 11 is 0. The fourth-order valence-corrected chi connectivity index (χ4v) is 3.14. The predicted molar refractivity (Wildman–Crippen MR) is 75.9 cm³/mol. The van der Waals surface area contributed by atoms with Crippen molar-refractivity contribution in [3.05, 3.63) is 0 Å². The number of hydrogen-bond donors (Lipinski definition) is 2. The molecule has 0 aromatic heterocycles. The molecule has 4 heteroatoms. The molecule has 2 aliphatic rings. The number of nitrogens with zero attached hydrogens (tertiary/aromatic N) is 1. The lowest BCUT2D eigenvalue weighted by Gasteiger charge is -2.34. The molecule has 4 atom stereocenters. The van der Waals surface area contributed by atoms with E-state index in [4.69, 9.17) is 0 Å². The Morgan fingerprint density at radius 1 is 1.32 bits per heavy atom. The minimum Gasteiger partial charge on any atom is -0.391 e. The first-order valence-corrected chi connectivity index (χ1v) is 7.67. The van der Waals surface area contributed by atoms with Crippen LogP contribution in [-0.2, 0) is 0 Å². The van der Waals surface area contributed by atoms with Crippen LogP contribution in [0.25, 0.3) is 0 Å². The highest BCUT2D eigenvalue weighted by molar-refractivity contribution is 5.74. The molecule has 4 unspecified atom stereocenters. The number of rotatable bonds is 4. The van der Waals surface area contributed by atoms with Crippen LogP contribution in [0.1, 0.15) is 46.0 Å². The minimum absolute atomic E-state index is 0.0360. The Labute approximate surface area is 116 Å². The molecule has 0 aromatic rings. The maximum absolute atomic E-state index is 12.1. The number of amides is 2. The average molecular weight is 268 g/mol. The molecule has 2 N–H and O–H groups in total. The molecule has 0 aliphatic heterocycles. The van der Waals surface area contributed by atoms with Gasteiger partial charge in [-0.05, 0) is 49.9 Å². The second kappa shape index (κ2) is 6.12. The van der Waals surface area contributed by atoms with Crippen LogP contribution in [0.15, 0.2) is 0 Å². The third-order valence-corrected chi connectivity index (χ3v) is 4.71. The van der Waals surface area contributed by atoms with Gasteiger partial charge < -0.3 is 15.3 Å². The maximum atomic E-state index is 12.1. The number of hydrogen-bond acceptors (Lipinski definition) is 2. The standard InChI is InChI=1S/C15H28N2O2/c1-10-4-7-13(11(2)8-10)16-15(19)17(3)9-14(18)12-5-6-12/h10-14,18H,4-9H2,1-3H3,(H,16,19). The number of aliphatic hydroxyl groups excluding tert-OH is 1. The fourth-order valence-electron chi connectivity index (χ4n) is 3.14. The molecule has 0 aromatic carbocycles. The zero-order valence-corrected chi connectivity index (χ0v) is 12.4. The van der Waals surface area contributed by atoms with Crippen LogP contribution in [0.5, 0.6) is 0 Å². The summed E-state index contributed by atoms with van der Waals surface area (Å²) in [6, 6.07) is 0.260. The highest BCUT2D eigenvalue weighted by Crippen LogP contribution is 2.33. The van der Waals surface area contributed by atoms with Gasteiger partial charge in [-0.1, -0.05) is 13.8 Å². The largest absolute Gasteiger partial charge is 0.391 e. The number of carbonyl (C=O) groups is 1. The summed E-state index contributed by atoms with van der Waals surface area (Å²) < 4.78 is 0. The van der Waals surface area contributed by atoms with E-state index in [1.165, 1.54) is 12.8 Å². The van der Waals surface area contributed by atoms with Gasteiger partial charge in [0.05, 0.1) is 6.10 Å². The molecular formula is C15H28N2O2. The van der Waals surface area contributed by atoms with Gasteiger partial charge in [-0.2, -0.15) is 0 Å². The van der Waals surface area contributed by atoms with Crippen molar-refractivity contribution in [2.75, 3.05) is 13.6 Å². The van der Waals surface area contributed by atoms with Crippen molar-refractivity contribution in [2.45, 2.75) is 58.1 Å². The Bertz CT molecular complexity index is 317. The van der Waals surface area contributed by atoms with Gasteiger partial charge in [-0.15, -0.1) is 0 Å². The van der Waals surface area contributed by atoms with Gasteiger partial charge in [0.25, 0.3) is 0 Å². The normalized spacial score (nSPS) is 32.7. The van der Waals surface area contributed by atoms with E-state index in [1.807, 2.05) is 0 Å². The zero-order valence-electron chi connectivity index (χ0n) is 12.4. The first kappa shape index (κ1) is 14.6. The highest BCUT2D eigenvalue weighted by Gasteiger charge is 2.32. The van der Waals surface area contributed by atoms with E-state index < -0.39 is 0 Å². The van der Waals surface area contributed by atoms with Crippen molar-refractivity contribution in [1.29, 1.82) is 0 Å². The van der Waals surface area contributed by atoms with Crippen LogP contribution < -0.4 is 5.32 Å². The minimum atomic E-state index is -0.348. The van der Waals surface area contributed by atoms with Crippen molar-refractivity contribution in [2.24, 2.45) is 17.8 Å². The van der Waals surface area contributed by atoms with E-state index in [0.29, 0.717) is 24.4 Å². The van der Waals surface area contributed by atoms with Gasteiger partial charge in [-0.25, -0.2) is 4.79 Å². The fraction of sp³-hybridized carbons (Fsp3) is 0.933. The Morgan fingerprint density at radius 2 is 2.00 bits per heavy atom. The Hall–Kier alpha value is -0.770. The number of carbonyl (C=O) groups excluding carboxylic acids is 1. The molecule has 0 bridgehead atoms. The van der Waals surface area contributed by atoms with E-state index >= 15 is 0 Å². The Kier molecular flexibility index (Phi) is 4.71. The molecule has 0 saturated heterocycles. The lowest BCUT2D eigenvalue weighted by atomic mass is 9.80. The monoisotopic (exact) mass is 268 g/mol. The molecule has 2 rings (SSSR count). The second-order valence-electron chi connectivity index (χ2n) is 6.74. The van der Waals surface area contributed by atoms with E-state index in [1.54, 1.807) is 11.9 Å². The van der Waals surface area contributed by atoms with Gasteiger partial charge in [0, 0.05) is 19.6 Å². The molecule has 2 fully saturated rings. The second-order valence-corrected chi connectivity index (χ2v) is 6.74. The van der Waals surface area contributed by atoms with E-state index in [2.05, 4.69) is 19.2 Å². The first-order chi connectivity index (χ1) is 8.97. The Morgan fingerprint density at radius 3 is 2.58 bits per heavy atom. The Balaban J connectivity index is 1.76. The maximum Gasteiger partial charge on any atom is 0.317 e. The van der Waals surface area contributed by atoms with Gasteiger partial charge >= 0.3 is 6.03 Å². The van der Waals surface area contributed by atoms with Crippen LogP contribution in [0.2, 0.25) is 0 Å². The number of aliphatic hydroxyl groups is 1. The van der Waals surface area contributed by atoms with Crippen molar-refractivity contribution in [1.82, 2.24) is 10.2 Å². The summed E-state index contributed by atoms with van der Waals surface area (Å²) in [5.41, 5.74) is 0. The summed E-state index contributed by atoms with van der Waals surface area (Å²) in [5, 5.41) is 13.0. The van der Waals surface area contributed by atoms with Gasteiger partial charge in [-0.3, -0.25) is 0 Å². The molecule has 2 amide bonds. The topological polar surface area (TPSA) is 52.6 Å². The molecule has 110 valence electrons. The smallest absolute Gasteiger partial charge is 0.317 e. The lowest BCUT2D eigenvalue weighted by molar-refractivity contribution is 0.110. The van der Waals surface area contributed by atoms with Crippen molar-refractivity contribution < 1.29 is 9.90 Å². The van der Waals surface area contributed by atoms with Crippen LogP contribution in [0.4, 0.5) is 4.79 Å². The van der Waals surface area contributed by atoms with Crippen LogP contribution >= 0.6 is 0 Å². The number of nitrogens with one attached hydrogen (secondary N) is 1. The molecule has 2 aliphatic carbocycles. The van der Waals surface area contributed by atoms with E-state index in [-0.39, 0.29) is 12.1 Å². The predicted octanol–water partition coefficient (Wildman–Crippen LogP) is 2.22. The van der Waals surface area contributed by atoms with Crippen LogP contribution in [-0.4, -0.2) is 41.8 Å². The average Bonchev–Trinajstić information content (AvgIpc) is 3.16. The van der Waals surface area contributed by atoms with Crippen molar-refractivity contribution in [3.8, 4) is 0 Å². The number of likely N-dealkylation sites (N-methyl/N-ethyl adjacent to an activating group) is 1. The summed E-state index contributed by atoms with van der Waals surface area (Å²) in [6.45, 7) is 4.96. The van der Waals surface area contributed by atoms with E-state index in [9.17, 15) is 9.90 Å². The van der Waals surface area contributed by atoms with Crippen LogP contribution in [0.3, 0.4) is 0 Å². The summed E-state index contributed by atoms with van der Waals surface area (Å²) in [7, 11) is 1.77. The third kappa shape index (κ3) is 4.10. The molecule has 0 radical (unpaired) electrons. The van der Waals surface area contributed by atoms with Crippen molar-refractivity contribution >= 4 is 6.03 Å². The van der Waals surface area contributed by atoms with E-state index in [0.717, 1.165) is 25.2 Å². The third-order valence-electron chi connectivity index (χ3n) is 4.71. The van der Waals surface area contributed by atoms with Gasteiger partial charge in [0.15, 0.2) is 0 Å². The summed E-state index contributed by atoms with van der Waals surface area (Å²) in [4.78, 5) is 13.8. The molecule has 0 heterocycles. The molecule has 4 nitrogen and oxygen atoms in total. The quantitative estimate of drug-likeness (QED) is 0.821. The zero-order chi connectivity index (χ0) is 14.0. The molecule has 19 heavy (non-hydrogen) atoms. The summed E-state index contributed by atoms with van der Waals surface area (Å²) in [6.07, 6.45) is 5.33. The van der Waals surface area contributed by atoms with Crippen molar-refractivity contribution in [3.63, 3.8) is 0 Å². The first-order valence-electron chi connectivity index (χ1n) is 7.67. The molecule has 0 spiro atoms. The van der Waals surface area contributed by atoms with Crippen LogP contribution in [0, 0.1) is 17.8 Å². The SMILES string of the molecule is CC1CCC(NC(=O)N(C)CC(O)C2CC2)C(C)C1. The molecule has 2 saturated carbocycles. The lowest BCUT2D eigenvalue weighted by Crippen LogP contribution is -2.49. The highest BCUT2D eigenvalue weighted by atomic mass is 16.3. The molecular weight excluding hydrogens is 240 g/mol. The van der Waals surface area contributed by atoms with Gasteiger partial charge in [0.2, 0.25) is 0 Å². The number of urea groups is 1. The van der Waals surface area contributed by atoms with Gasteiger partial charge in [0.1, 0.15) is 0 Å². The summed E-state index contributed by atoms with van der Waals surface area (Å²) in [5.74, 6) is 1.75.